The van der Waals surface area contributed by atoms with Crippen LogP contribution in [0, 0.1) is 0 Å². The van der Waals surface area contributed by atoms with Crippen LogP contribution in [0.15, 0.2) is 41.8 Å². The van der Waals surface area contributed by atoms with Gasteiger partial charge in [-0.1, -0.05) is 18.2 Å². The highest BCUT2D eigenvalue weighted by molar-refractivity contribution is 7.09. The highest BCUT2D eigenvalue weighted by Gasteiger charge is 2.06. The second-order valence-electron chi connectivity index (χ2n) is 4.44. The van der Waals surface area contributed by atoms with Crippen LogP contribution in [0.25, 0.3) is 0 Å². The van der Waals surface area contributed by atoms with E-state index in [1.165, 1.54) is 17.6 Å². The van der Waals surface area contributed by atoms with Crippen LogP contribution in [0.4, 0.5) is 0 Å². The minimum atomic E-state index is -0.293. The Morgan fingerprint density at radius 2 is 1.95 bits per heavy atom. The number of hydrogen-bond acceptors (Lipinski definition) is 4. The molecule has 0 unspecified atom stereocenters. The van der Waals surface area contributed by atoms with Gasteiger partial charge in [0.05, 0.1) is 12.7 Å². The monoisotopic (exact) mass is 275 g/mol. The topological polar surface area (TPSA) is 29.5 Å². The van der Waals surface area contributed by atoms with E-state index in [1.807, 2.05) is 12.1 Å². The summed E-state index contributed by atoms with van der Waals surface area (Å²) in [6, 6.07) is 11.8. The van der Waals surface area contributed by atoms with Crippen molar-refractivity contribution in [2.24, 2.45) is 0 Å². The molecule has 0 saturated carbocycles. The van der Waals surface area contributed by atoms with E-state index in [2.05, 4.69) is 34.2 Å². The lowest BCUT2D eigenvalue weighted by atomic mass is 10.1. The number of methoxy groups -OCH3 is 1. The van der Waals surface area contributed by atoms with Gasteiger partial charge in [0.2, 0.25) is 0 Å². The Balaban J connectivity index is 1.93. The van der Waals surface area contributed by atoms with E-state index in [1.54, 1.807) is 23.5 Å². The molecule has 0 spiro atoms. The molecule has 2 rings (SSSR count). The zero-order chi connectivity index (χ0) is 13.7. The number of carbonyl (C=O) groups is 1. The molecular formula is C15H17NO2S. The molecule has 0 saturated heterocycles. The largest absolute Gasteiger partial charge is 0.465 e. The van der Waals surface area contributed by atoms with Gasteiger partial charge in [-0.15, -0.1) is 11.3 Å². The Bertz CT molecular complexity index is 520. The first-order chi connectivity index (χ1) is 9.19. The van der Waals surface area contributed by atoms with Crippen LogP contribution in [-0.2, 0) is 17.8 Å². The molecule has 0 aliphatic rings. The molecule has 0 N–H and O–H groups in total. The van der Waals surface area contributed by atoms with Gasteiger partial charge in [-0.2, -0.15) is 0 Å². The molecule has 0 amide bonds. The van der Waals surface area contributed by atoms with Crippen molar-refractivity contribution >= 4 is 17.3 Å². The number of thiophene rings is 1. The third kappa shape index (κ3) is 3.91. The molecule has 19 heavy (non-hydrogen) atoms. The van der Waals surface area contributed by atoms with E-state index >= 15 is 0 Å². The number of esters is 1. The van der Waals surface area contributed by atoms with Crippen molar-refractivity contribution in [3.05, 3.63) is 57.8 Å². The Morgan fingerprint density at radius 3 is 2.53 bits per heavy atom. The summed E-state index contributed by atoms with van der Waals surface area (Å²) in [5.41, 5.74) is 1.78. The quantitative estimate of drug-likeness (QED) is 0.785. The minimum Gasteiger partial charge on any atom is -0.465 e. The highest BCUT2D eigenvalue weighted by atomic mass is 32.1. The second-order valence-corrected chi connectivity index (χ2v) is 5.47. The van der Waals surface area contributed by atoms with E-state index in [4.69, 9.17) is 0 Å². The van der Waals surface area contributed by atoms with Crippen LogP contribution < -0.4 is 0 Å². The molecule has 3 nitrogen and oxygen atoms in total. The second kappa shape index (κ2) is 6.50. The van der Waals surface area contributed by atoms with Crippen molar-refractivity contribution in [1.82, 2.24) is 4.90 Å². The van der Waals surface area contributed by atoms with Gasteiger partial charge in [0.1, 0.15) is 0 Å². The third-order valence-electron chi connectivity index (χ3n) is 2.83. The Hall–Kier alpha value is -1.65. The molecule has 1 heterocycles. The third-order valence-corrected chi connectivity index (χ3v) is 3.69. The van der Waals surface area contributed by atoms with Crippen LogP contribution in [0.2, 0.25) is 0 Å². The Kier molecular flexibility index (Phi) is 4.71. The number of nitrogens with zero attached hydrogens (tertiary/aromatic N) is 1. The molecule has 0 bridgehead atoms. The molecular weight excluding hydrogens is 258 g/mol. The van der Waals surface area contributed by atoms with Crippen molar-refractivity contribution in [3.8, 4) is 0 Å². The number of benzene rings is 1. The summed E-state index contributed by atoms with van der Waals surface area (Å²) in [5.74, 6) is -0.293. The molecule has 0 atom stereocenters. The van der Waals surface area contributed by atoms with E-state index < -0.39 is 0 Å². The highest BCUT2D eigenvalue weighted by Crippen LogP contribution is 2.13. The van der Waals surface area contributed by atoms with Crippen molar-refractivity contribution in [1.29, 1.82) is 0 Å². The lowest BCUT2D eigenvalue weighted by Gasteiger charge is -2.15. The summed E-state index contributed by atoms with van der Waals surface area (Å²) in [7, 11) is 3.49. The Labute approximate surface area is 117 Å². The van der Waals surface area contributed by atoms with E-state index in [0.29, 0.717) is 5.56 Å². The predicted octanol–water partition coefficient (Wildman–Crippen LogP) is 3.17. The number of hydrogen-bond donors (Lipinski definition) is 0. The summed E-state index contributed by atoms with van der Waals surface area (Å²) in [6.07, 6.45) is 0. The minimum absolute atomic E-state index is 0.293. The van der Waals surface area contributed by atoms with Gasteiger partial charge < -0.3 is 4.74 Å². The zero-order valence-electron chi connectivity index (χ0n) is 11.1. The van der Waals surface area contributed by atoms with Crippen LogP contribution in [0.5, 0.6) is 0 Å². The SMILES string of the molecule is COC(=O)c1ccc(CN(C)Cc2cccs2)cc1. The van der Waals surface area contributed by atoms with E-state index in [0.717, 1.165) is 13.1 Å². The van der Waals surface area contributed by atoms with E-state index in [9.17, 15) is 4.79 Å². The number of rotatable bonds is 5. The van der Waals surface area contributed by atoms with Crippen molar-refractivity contribution in [2.75, 3.05) is 14.2 Å². The first-order valence-electron chi connectivity index (χ1n) is 6.07. The maximum Gasteiger partial charge on any atom is 0.337 e. The first kappa shape index (κ1) is 13.8. The van der Waals surface area contributed by atoms with Crippen molar-refractivity contribution in [2.45, 2.75) is 13.1 Å². The van der Waals surface area contributed by atoms with Crippen LogP contribution >= 0.6 is 11.3 Å². The van der Waals surface area contributed by atoms with Gasteiger partial charge in [-0.25, -0.2) is 4.79 Å². The number of carbonyl (C=O) groups excluding carboxylic acids is 1. The molecule has 0 aliphatic carbocycles. The van der Waals surface area contributed by atoms with Gasteiger partial charge in [0.25, 0.3) is 0 Å². The normalized spacial score (nSPS) is 10.7. The Morgan fingerprint density at radius 1 is 1.21 bits per heavy atom. The molecule has 100 valence electrons. The van der Waals surface area contributed by atoms with Gasteiger partial charge in [-0.3, -0.25) is 4.90 Å². The summed E-state index contributed by atoms with van der Waals surface area (Å²) >= 11 is 1.77. The fourth-order valence-corrected chi connectivity index (χ4v) is 2.68. The standard InChI is InChI=1S/C15H17NO2S/c1-16(11-14-4-3-9-19-14)10-12-5-7-13(8-6-12)15(17)18-2/h3-9H,10-11H2,1-2H3. The first-order valence-corrected chi connectivity index (χ1v) is 6.95. The van der Waals surface area contributed by atoms with Gasteiger partial charge in [0, 0.05) is 18.0 Å². The van der Waals surface area contributed by atoms with Gasteiger partial charge in [-0.05, 0) is 36.2 Å². The molecule has 0 fully saturated rings. The van der Waals surface area contributed by atoms with Crippen LogP contribution in [-0.4, -0.2) is 25.0 Å². The average Bonchev–Trinajstić information content (AvgIpc) is 2.91. The summed E-state index contributed by atoms with van der Waals surface area (Å²) < 4.78 is 4.68. The summed E-state index contributed by atoms with van der Waals surface area (Å²) in [4.78, 5) is 14.9. The van der Waals surface area contributed by atoms with Crippen LogP contribution in [0.1, 0.15) is 20.8 Å². The van der Waals surface area contributed by atoms with E-state index in [-0.39, 0.29) is 5.97 Å². The van der Waals surface area contributed by atoms with Crippen LogP contribution in [0.3, 0.4) is 0 Å². The maximum absolute atomic E-state index is 11.3. The molecule has 1 aromatic heterocycles. The maximum atomic E-state index is 11.3. The molecule has 4 heteroatoms. The smallest absolute Gasteiger partial charge is 0.337 e. The lowest BCUT2D eigenvalue weighted by Crippen LogP contribution is -2.16. The van der Waals surface area contributed by atoms with Gasteiger partial charge >= 0.3 is 5.97 Å². The summed E-state index contributed by atoms with van der Waals surface area (Å²) in [6.45, 7) is 1.80. The van der Waals surface area contributed by atoms with Gasteiger partial charge in [0.15, 0.2) is 0 Å². The average molecular weight is 275 g/mol. The van der Waals surface area contributed by atoms with Crippen molar-refractivity contribution in [3.63, 3.8) is 0 Å². The van der Waals surface area contributed by atoms with Crippen molar-refractivity contribution < 1.29 is 9.53 Å². The zero-order valence-corrected chi connectivity index (χ0v) is 11.9. The number of ether oxygens (including phenoxy) is 1. The molecule has 0 radical (unpaired) electrons. The lowest BCUT2D eigenvalue weighted by molar-refractivity contribution is 0.0600. The molecule has 2 aromatic rings. The summed E-state index contributed by atoms with van der Waals surface area (Å²) in [5, 5.41) is 2.09. The molecule has 0 aliphatic heterocycles. The fraction of sp³-hybridized carbons (Fsp3) is 0.267. The fourth-order valence-electron chi connectivity index (χ4n) is 1.90. The predicted molar refractivity (Wildman–Crippen MR) is 77.3 cm³/mol. The molecule has 1 aromatic carbocycles.